The van der Waals surface area contributed by atoms with Crippen LogP contribution in [0.5, 0.6) is 11.5 Å². The Hall–Kier alpha value is -4.77. The summed E-state index contributed by atoms with van der Waals surface area (Å²) in [6, 6.07) is 16.7. The van der Waals surface area contributed by atoms with Gasteiger partial charge in [0.1, 0.15) is 17.0 Å². The van der Waals surface area contributed by atoms with Crippen molar-refractivity contribution < 1.29 is 33.3 Å². The maximum atomic E-state index is 13.4. The topological polar surface area (TPSA) is 148 Å². The van der Waals surface area contributed by atoms with Crippen LogP contribution < -0.4 is 25.4 Å². The molecule has 0 spiro atoms. The Morgan fingerprint density at radius 3 is 2.17 bits per heavy atom. The van der Waals surface area contributed by atoms with Gasteiger partial charge in [0.05, 0.1) is 12.2 Å². The number of para-hydroxylation sites is 1. The van der Waals surface area contributed by atoms with Crippen molar-refractivity contribution in [3.8, 4) is 11.5 Å². The highest BCUT2D eigenvalue weighted by Gasteiger charge is 2.20. The normalized spacial score (nSPS) is 11.2. The third kappa shape index (κ3) is 11.3. The van der Waals surface area contributed by atoms with Gasteiger partial charge in [-0.25, -0.2) is 9.59 Å². The van der Waals surface area contributed by atoms with Gasteiger partial charge in [-0.15, -0.1) is 0 Å². The molecule has 0 unspecified atom stereocenters. The molecule has 12 heteroatoms. The Morgan fingerprint density at radius 2 is 1.54 bits per heavy atom. The molecule has 0 saturated heterocycles. The van der Waals surface area contributed by atoms with Crippen molar-refractivity contribution in [1.82, 2.24) is 5.32 Å². The third-order valence-electron chi connectivity index (χ3n) is 5.87. The minimum atomic E-state index is -0.734. The third-order valence-corrected chi connectivity index (χ3v) is 6.10. The quantitative estimate of drug-likeness (QED) is 0.0968. The fourth-order valence-electron chi connectivity index (χ4n) is 4.08. The SMILES string of the molecule is CCOc1cccc(CNc2ccc(Cl)cc2C(=O)Nc2ccc(C(=N)NC(=O)OC(C)(C)C)cc2)c1OCC(=O)OC(C)(C)C. The first kappa shape index (κ1) is 35.7. The molecule has 3 aromatic rings. The molecule has 0 saturated carbocycles. The number of nitrogens with one attached hydrogen (secondary N) is 4. The Labute approximate surface area is 274 Å². The van der Waals surface area contributed by atoms with Crippen molar-refractivity contribution in [3.05, 3.63) is 82.4 Å². The zero-order chi connectivity index (χ0) is 34.1. The average molecular weight is 653 g/mol. The van der Waals surface area contributed by atoms with Crippen LogP contribution in [0.15, 0.2) is 60.7 Å². The molecular weight excluding hydrogens is 612 g/mol. The van der Waals surface area contributed by atoms with Crippen LogP contribution in [0.25, 0.3) is 0 Å². The number of esters is 1. The van der Waals surface area contributed by atoms with Crippen LogP contribution in [0.3, 0.4) is 0 Å². The Balaban J connectivity index is 1.73. The first-order valence-electron chi connectivity index (χ1n) is 14.7. The summed E-state index contributed by atoms with van der Waals surface area (Å²) in [7, 11) is 0. The van der Waals surface area contributed by atoms with E-state index in [1.165, 1.54) is 0 Å². The highest BCUT2D eigenvalue weighted by Crippen LogP contribution is 2.33. The van der Waals surface area contributed by atoms with E-state index in [0.29, 0.717) is 45.6 Å². The molecule has 0 fully saturated rings. The predicted molar refractivity (Wildman–Crippen MR) is 178 cm³/mol. The zero-order valence-electron chi connectivity index (χ0n) is 27.1. The molecule has 2 amide bonds. The molecule has 3 rings (SSSR count). The van der Waals surface area contributed by atoms with Crippen LogP contribution in [-0.2, 0) is 20.8 Å². The highest BCUT2D eigenvalue weighted by molar-refractivity contribution is 6.31. The summed E-state index contributed by atoms with van der Waals surface area (Å²) in [5.41, 5.74) is 1.02. The lowest BCUT2D eigenvalue weighted by Crippen LogP contribution is -2.36. The van der Waals surface area contributed by atoms with Gasteiger partial charge in [0.15, 0.2) is 18.1 Å². The number of amides is 2. The average Bonchev–Trinajstić information content (AvgIpc) is 2.94. The van der Waals surface area contributed by atoms with Crippen LogP contribution in [0.4, 0.5) is 16.2 Å². The van der Waals surface area contributed by atoms with Crippen molar-refractivity contribution >= 4 is 46.8 Å². The second-order valence-corrected chi connectivity index (χ2v) is 12.6. The molecule has 3 aromatic carbocycles. The molecule has 0 atom stereocenters. The number of rotatable bonds is 11. The molecule has 0 aliphatic carbocycles. The maximum Gasteiger partial charge on any atom is 0.413 e. The van der Waals surface area contributed by atoms with Gasteiger partial charge in [0.25, 0.3) is 5.91 Å². The number of carbonyl (C=O) groups is 3. The van der Waals surface area contributed by atoms with E-state index in [0.717, 1.165) is 0 Å². The smallest absolute Gasteiger partial charge is 0.413 e. The summed E-state index contributed by atoms with van der Waals surface area (Å²) in [4.78, 5) is 37.7. The first-order valence-corrected chi connectivity index (χ1v) is 15.1. The summed E-state index contributed by atoms with van der Waals surface area (Å²) in [5.74, 6) is -0.231. The van der Waals surface area contributed by atoms with Gasteiger partial charge in [-0.1, -0.05) is 23.7 Å². The van der Waals surface area contributed by atoms with E-state index >= 15 is 0 Å². The Bertz CT molecular complexity index is 1560. The number of halogens is 1. The van der Waals surface area contributed by atoms with Gasteiger partial charge in [-0.05, 0) is 97.0 Å². The number of ether oxygens (including phenoxy) is 4. The van der Waals surface area contributed by atoms with E-state index in [2.05, 4.69) is 16.0 Å². The molecule has 0 aliphatic heterocycles. The number of alkyl carbamates (subject to hydrolysis) is 1. The van der Waals surface area contributed by atoms with Gasteiger partial charge >= 0.3 is 12.1 Å². The Morgan fingerprint density at radius 1 is 0.870 bits per heavy atom. The second-order valence-electron chi connectivity index (χ2n) is 12.1. The summed E-state index contributed by atoms with van der Waals surface area (Å²) in [6.45, 7) is 12.7. The number of hydrogen-bond donors (Lipinski definition) is 4. The zero-order valence-corrected chi connectivity index (χ0v) is 27.9. The number of anilines is 2. The minimum absolute atomic E-state index is 0.142. The van der Waals surface area contributed by atoms with Gasteiger partial charge < -0.3 is 29.6 Å². The van der Waals surface area contributed by atoms with Crippen LogP contribution >= 0.6 is 11.6 Å². The summed E-state index contributed by atoms with van der Waals surface area (Å²) in [5, 5.41) is 17.0. The molecule has 0 bridgehead atoms. The lowest BCUT2D eigenvalue weighted by molar-refractivity contribution is -0.157. The highest BCUT2D eigenvalue weighted by atomic mass is 35.5. The summed E-state index contributed by atoms with van der Waals surface area (Å²) < 4.78 is 22.2. The monoisotopic (exact) mass is 652 g/mol. The maximum absolute atomic E-state index is 13.4. The van der Waals surface area contributed by atoms with Gasteiger partial charge in [0.2, 0.25) is 0 Å². The van der Waals surface area contributed by atoms with E-state index in [9.17, 15) is 14.4 Å². The lowest BCUT2D eigenvalue weighted by Gasteiger charge is -2.21. The van der Waals surface area contributed by atoms with E-state index in [1.54, 1.807) is 90.1 Å². The Kier molecular flexibility index (Phi) is 12.0. The largest absolute Gasteiger partial charge is 0.490 e. The number of carbonyl (C=O) groups excluding carboxylic acids is 3. The fourth-order valence-corrected chi connectivity index (χ4v) is 4.25. The van der Waals surface area contributed by atoms with Gasteiger partial charge in [-0.2, -0.15) is 0 Å². The van der Waals surface area contributed by atoms with Crippen molar-refractivity contribution in [2.45, 2.75) is 66.2 Å². The molecule has 0 heterocycles. The molecule has 46 heavy (non-hydrogen) atoms. The van der Waals surface area contributed by atoms with Crippen molar-refractivity contribution in [2.24, 2.45) is 0 Å². The molecule has 0 aliphatic rings. The summed E-state index contributed by atoms with van der Waals surface area (Å²) in [6.07, 6.45) is -0.734. The van der Waals surface area contributed by atoms with Crippen LogP contribution in [0.2, 0.25) is 5.02 Å². The van der Waals surface area contributed by atoms with E-state index in [1.807, 2.05) is 19.1 Å². The molecule has 0 aromatic heterocycles. The van der Waals surface area contributed by atoms with Gasteiger partial charge in [-0.3, -0.25) is 15.5 Å². The van der Waals surface area contributed by atoms with Crippen molar-refractivity contribution in [3.63, 3.8) is 0 Å². The van der Waals surface area contributed by atoms with E-state index in [4.69, 9.17) is 36.0 Å². The standard InChI is InChI=1S/C34H41ClN4O7/c1-8-43-27-11-9-10-22(29(27)44-20-28(40)45-33(2,3)4)19-37-26-17-14-23(35)18-25(26)31(41)38-24-15-12-21(13-16-24)30(36)39-32(42)46-34(5,6)7/h9-18,37H,8,19-20H2,1-7H3,(H,38,41)(H2,36,39,42). The van der Waals surface area contributed by atoms with E-state index < -0.39 is 29.2 Å². The number of hydrogen-bond acceptors (Lipinski definition) is 9. The van der Waals surface area contributed by atoms with Gasteiger partial charge in [0, 0.05) is 34.1 Å². The fraction of sp³-hybridized carbons (Fsp3) is 0.353. The molecule has 4 N–H and O–H groups in total. The predicted octanol–water partition coefficient (Wildman–Crippen LogP) is 7.17. The minimum Gasteiger partial charge on any atom is -0.490 e. The summed E-state index contributed by atoms with van der Waals surface area (Å²) >= 11 is 6.26. The molecular formula is C34H41ClN4O7. The molecule has 11 nitrogen and oxygen atoms in total. The second kappa shape index (κ2) is 15.5. The van der Waals surface area contributed by atoms with E-state index in [-0.39, 0.29) is 24.6 Å². The first-order chi connectivity index (χ1) is 21.5. The van der Waals surface area contributed by atoms with Crippen molar-refractivity contribution in [1.29, 1.82) is 5.41 Å². The molecule has 0 radical (unpaired) electrons. The number of benzene rings is 3. The lowest BCUT2D eigenvalue weighted by atomic mass is 10.1. The molecule has 246 valence electrons. The van der Waals surface area contributed by atoms with Crippen LogP contribution in [0.1, 0.15) is 70.0 Å². The van der Waals surface area contributed by atoms with Crippen molar-refractivity contribution in [2.75, 3.05) is 23.8 Å². The van der Waals surface area contributed by atoms with Crippen LogP contribution in [-0.4, -0.2) is 48.2 Å². The number of amidine groups is 1. The van der Waals surface area contributed by atoms with Crippen LogP contribution in [0, 0.1) is 5.41 Å².